The Hall–Kier alpha value is -0.890. The van der Waals surface area contributed by atoms with Crippen LogP contribution >= 0.6 is 0 Å². The van der Waals surface area contributed by atoms with Crippen molar-refractivity contribution in [3.8, 4) is 0 Å². The lowest BCUT2D eigenvalue weighted by Gasteiger charge is -2.19. The van der Waals surface area contributed by atoms with Gasteiger partial charge in [0.05, 0.1) is 11.7 Å². The molecule has 2 atom stereocenters. The smallest absolute Gasteiger partial charge is 0.180 e. The molecule has 0 aromatic heterocycles. The second kappa shape index (κ2) is 4.09. The molecular formula is C15H22O2. The highest BCUT2D eigenvalue weighted by Gasteiger charge is 2.52. The first-order valence-corrected chi connectivity index (χ1v) is 6.41. The quantitative estimate of drug-likeness (QED) is 0.601. The molecular weight excluding hydrogens is 212 g/mol. The number of carbonyl (C=O) groups excluding carboxylic acids is 1. The van der Waals surface area contributed by atoms with Crippen LogP contribution in [0.4, 0.5) is 0 Å². The Morgan fingerprint density at radius 3 is 2.76 bits per heavy atom. The van der Waals surface area contributed by atoms with E-state index in [1.165, 1.54) is 0 Å². The van der Waals surface area contributed by atoms with Crippen LogP contribution in [0.3, 0.4) is 0 Å². The van der Waals surface area contributed by atoms with Crippen LogP contribution in [0.15, 0.2) is 23.8 Å². The largest absolute Gasteiger partial charge is 0.366 e. The molecule has 94 valence electrons. The van der Waals surface area contributed by atoms with Crippen LogP contribution in [0.2, 0.25) is 0 Å². The first kappa shape index (κ1) is 12.6. The van der Waals surface area contributed by atoms with Gasteiger partial charge in [-0.25, -0.2) is 0 Å². The molecule has 0 aromatic carbocycles. The molecule has 0 radical (unpaired) electrons. The zero-order valence-electron chi connectivity index (χ0n) is 11.2. The summed E-state index contributed by atoms with van der Waals surface area (Å²) in [5.41, 5.74) is 0.914. The van der Waals surface area contributed by atoms with Gasteiger partial charge >= 0.3 is 0 Å². The number of epoxide rings is 1. The summed E-state index contributed by atoms with van der Waals surface area (Å²) in [7, 11) is 0. The van der Waals surface area contributed by atoms with E-state index in [9.17, 15) is 4.79 Å². The normalized spacial score (nSPS) is 36.8. The van der Waals surface area contributed by atoms with Crippen LogP contribution in [-0.2, 0) is 9.53 Å². The fourth-order valence-electron chi connectivity index (χ4n) is 2.42. The Kier molecular flexibility index (Phi) is 3.03. The third kappa shape index (κ3) is 2.86. The number of allylic oxidation sites excluding steroid dienone is 4. The lowest BCUT2D eigenvalue weighted by atomic mass is 9.84. The molecule has 0 bridgehead atoms. The van der Waals surface area contributed by atoms with E-state index < -0.39 is 0 Å². The summed E-state index contributed by atoms with van der Waals surface area (Å²) in [6.45, 7) is 8.40. The number of ketones is 1. The Labute approximate surface area is 104 Å². The Morgan fingerprint density at radius 2 is 2.06 bits per heavy atom. The second-order valence-corrected chi connectivity index (χ2v) is 6.24. The van der Waals surface area contributed by atoms with Crippen molar-refractivity contribution in [1.82, 2.24) is 0 Å². The van der Waals surface area contributed by atoms with Crippen molar-refractivity contribution >= 4 is 5.78 Å². The highest BCUT2D eigenvalue weighted by atomic mass is 16.6. The minimum absolute atomic E-state index is 0.0305. The van der Waals surface area contributed by atoms with Crippen LogP contribution in [-0.4, -0.2) is 17.5 Å². The van der Waals surface area contributed by atoms with E-state index in [0.717, 1.165) is 24.8 Å². The van der Waals surface area contributed by atoms with Gasteiger partial charge in [0, 0.05) is 0 Å². The standard InChI is InChI=1S/C15H22O2/c1-11-6-5-8-15(4)13(17-15)10-14(2,3)9-7-12(11)16/h6-7,9,13H,5,8,10H2,1-4H3/t13-,15-/m1/s1. The minimum Gasteiger partial charge on any atom is -0.366 e. The Balaban J connectivity index is 2.21. The van der Waals surface area contributed by atoms with Crippen LogP contribution in [0, 0.1) is 5.41 Å². The number of hydrogen-bond donors (Lipinski definition) is 0. The van der Waals surface area contributed by atoms with Gasteiger partial charge in [0.2, 0.25) is 0 Å². The minimum atomic E-state index is 0.0305. The molecule has 2 rings (SSSR count). The summed E-state index contributed by atoms with van der Waals surface area (Å²) in [5.74, 6) is 0.139. The van der Waals surface area contributed by atoms with Crippen molar-refractivity contribution < 1.29 is 9.53 Å². The lowest BCUT2D eigenvalue weighted by Crippen LogP contribution is -2.17. The molecule has 2 heteroatoms. The third-order valence-electron chi connectivity index (χ3n) is 3.91. The van der Waals surface area contributed by atoms with E-state index in [1.54, 1.807) is 6.08 Å². The molecule has 1 aliphatic carbocycles. The first-order chi connectivity index (χ1) is 7.82. The number of ether oxygens (including phenoxy) is 1. The van der Waals surface area contributed by atoms with Crippen molar-refractivity contribution in [3.05, 3.63) is 23.8 Å². The van der Waals surface area contributed by atoms with Gasteiger partial charge < -0.3 is 4.74 Å². The van der Waals surface area contributed by atoms with E-state index in [-0.39, 0.29) is 16.8 Å². The van der Waals surface area contributed by atoms with Crippen LogP contribution in [0.25, 0.3) is 0 Å². The molecule has 0 saturated carbocycles. The number of fused-ring (bicyclic) bond motifs is 1. The molecule has 0 aromatic rings. The van der Waals surface area contributed by atoms with Gasteiger partial charge in [0.25, 0.3) is 0 Å². The fraction of sp³-hybridized carbons (Fsp3) is 0.667. The topological polar surface area (TPSA) is 29.6 Å². The number of carbonyl (C=O) groups is 1. The fourth-order valence-corrected chi connectivity index (χ4v) is 2.42. The molecule has 1 aliphatic heterocycles. The van der Waals surface area contributed by atoms with Crippen LogP contribution in [0.1, 0.15) is 47.0 Å². The predicted octanol–water partition coefficient (Wildman–Crippen LogP) is 3.43. The zero-order chi connectivity index (χ0) is 12.7. The summed E-state index contributed by atoms with van der Waals surface area (Å²) >= 11 is 0. The van der Waals surface area contributed by atoms with E-state index in [2.05, 4.69) is 20.8 Å². The number of hydrogen-bond acceptors (Lipinski definition) is 2. The van der Waals surface area contributed by atoms with Crippen molar-refractivity contribution in [2.24, 2.45) is 5.41 Å². The van der Waals surface area contributed by atoms with Crippen molar-refractivity contribution in [2.75, 3.05) is 0 Å². The molecule has 0 spiro atoms. The maximum Gasteiger partial charge on any atom is 0.180 e. The van der Waals surface area contributed by atoms with E-state index in [0.29, 0.717) is 6.10 Å². The maximum absolute atomic E-state index is 11.8. The van der Waals surface area contributed by atoms with Gasteiger partial charge in [0.15, 0.2) is 5.78 Å². The molecule has 1 fully saturated rings. The van der Waals surface area contributed by atoms with Gasteiger partial charge in [-0.2, -0.15) is 0 Å². The third-order valence-corrected chi connectivity index (χ3v) is 3.91. The molecule has 0 unspecified atom stereocenters. The SMILES string of the molecule is CC1=CCC[C@@]2(C)O[C@@H]2CC(C)(C)C=CC1=O. The van der Waals surface area contributed by atoms with Gasteiger partial charge in [-0.15, -0.1) is 0 Å². The molecule has 1 saturated heterocycles. The van der Waals surface area contributed by atoms with Crippen LogP contribution < -0.4 is 0 Å². The maximum atomic E-state index is 11.8. The van der Waals surface area contributed by atoms with E-state index in [1.807, 2.05) is 19.1 Å². The molecule has 17 heavy (non-hydrogen) atoms. The lowest BCUT2D eigenvalue weighted by molar-refractivity contribution is -0.111. The molecule has 2 aliphatic rings. The average Bonchev–Trinajstić information content (AvgIpc) is 2.83. The van der Waals surface area contributed by atoms with Gasteiger partial charge in [0.1, 0.15) is 0 Å². The summed E-state index contributed by atoms with van der Waals surface area (Å²) in [6, 6.07) is 0. The van der Waals surface area contributed by atoms with Gasteiger partial charge in [-0.05, 0) is 50.2 Å². The molecule has 0 amide bonds. The Morgan fingerprint density at radius 1 is 1.35 bits per heavy atom. The molecule has 2 nitrogen and oxygen atoms in total. The van der Waals surface area contributed by atoms with Gasteiger partial charge in [-0.1, -0.05) is 26.0 Å². The van der Waals surface area contributed by atoms with Crippen molar-refractivity contribution in [2.45, 2.75) is 58.7 Å². The summed E-state index contributed by atoms with van der Waals surface area (Å²) in [6.07, 6.45) is 9.07. The summed E-state index contributed by atoms with van der Waals surface area (Å²) in [5, 5.41) is 0. The highest BCUT2D eigenvalue weighted by molar-refractivity contribution is 6.03. The zero-order valence-corrected chi connectivity index (χ0v) is 11.2. The highest BCUT2D eigenvalue weighted by Crippen LogP contribution is 2.46. The average molecular weight is 234 g/mol. The van der Waals surface area contributed by atoms with Crippen molar-refractivity contribution in [1.29, 1.82) is 0 Å². The van der Waals surface area contributed by atoms with E-state index in [4.69, 9.17) is 4.74 Å². The predicted molar refractivity (Wildman–Crippen MR) is 68.8 cm³/mol. The summed E-state index contributed by atoms with van der Waals surface area (Å²) in [4.78, 5) is 11.8. The molecule has 0 N–H and O–H groups in total. The number of rotatable bonds is 0. The van der Waals surface area contributed by atoms with Gasteiger partial charge in [-0.3, -0.25) is 4.79 Å². The van der Waals surface area contributed by atoms with Crippen molar-refractivity contribution in [3.63, 3.8) is 0 Å². The van der Waals surface area contributed by atoms with E-state index >= 15 is 0 Å². The summed E-state index contributed by atoms with van der Waals surface area (Å²) < 4.78 is 5.83. The Bertz CT molecular complexity index is 390. The first-order valence-electron chi connectivity index (χ1n) is 6.41. The second-order valence-electron chi connectivity index (χ2n) is 6.24. The molecule has 1 heterocycles. The monoisotopic (exact) mass is 234 g/mol. The van der Waals surface area contributed by atoms with Crippen LogP contribution in [0.5, 0.6) is 0 Å².